The summed E-state index contributed by atoms with van der Waals surface area (Å²) in [5, 5.41) is 2.96. The first-order chi connectivity index (χ1) is 14.9. The van der Waals surface area contributed by atoms with E-state index in [4.69, 9.17) is 0 Å². The Labute approximate surface area is 182 Å². The number of fused-ring (bicyclic) bond motifs is 1. The van der Waals surface area contributed by atoms with Gasteiger partial charge in [0.1, 0.15) is 5.69 Å². The Morgan fingerprint density at radius 3 is 2.87 bits per heavy atom. The number of H-pyrrole nitrogens is 1. The highest BCUT2D eigenvalue weighted by molar-refractivity contribution is 5.97. The number of aromatic amines is 1. The number of rotatable bonds is 9. The smallest absolute Gasteiger partial charge is 0.267 e. The maximum Gasteiger partial charge on any atom is 0.267 e. The summed E-state index contributed by atoms with van der Waals surface area (Å²) >= 11 is 0. The molecule has 1 aromatic carbocycles. The number of carbonyl (C=O) groups excluding carboxylic acids is 2. The second-order valence-electron chi connectivity index (χ2n) is 7.62. The van der Waals surface area contributed by atoms with Gasteiger partial charge in [0.2, 0.25) is 0 Å². The summed E-state index contributed by atoms with van der Waals surface area (Å²) in [4.78, 5) is 34.6. The summed E-state index contributed by atoms with van der Waals surface area (Å²) < 4.78 is 1.78. The lowest BCUT2D eigenvalue weighted by Crippen LogP contribution is -2.40. The fourth-order valence-electron chi connectivity index (χ4n) is 3.62. The van der Waals surface area contributed by atoms with E-state index in [1.54, 1.807) is 35.0 Å². The lowest BCUT2D eigenvalue weighted by atomic mass is 10.0. The van der Waals surface area contributed by atoms with E-state index < -0.39 is 0 Å². The highest BCUT2D eigenvalue weighted by atomic mass is 16.2. The van der Waals surface area contributed by atoms with Crippen LogP contribution in [0.15, 0.2) is 67.2 Å². The van der Waals surface area contributed by atoms with Gasteiger partial charge in [-0.25, -0.2) is 4.98 Å². The number of aromatic nitrogens is 3. The second kappa shape index (κ2) is 9.93. The zero-order valence-electron chi connectivity index (χ0n) is 18.3. The van der Waals surface area contributed by atoms with Crippen molar-refractivity contribution in [3.05, 3.63) is 78.4 Å². The second-order valence-corrected chi connectivity index (χ2v) is 7.62. The van der Waals surface area contributed by atoms with E-state index in [1.165, 1.54) is 0 Å². The molecule has 1 atom stereocenters. The molecule has 0 radical (unpaired) electrons. The molecule has 2 aromatic heterocycles. The minimum Gasteiger partial charge on any atom is -0.351 e. The van der Waals surface area contributed by atoms with E-state index in [2.05, 4.69) is 21.9 Å². The van der Waals surface area contributed by atoms with Crippen LogP contribution in [0.25, 0.3) is 11.0 Å². The topological polar surface area (TPSA) is 83.0 Å². The van der Waals surface area contributed by atoms with Crippen molar-refractivity contribution in [2.45, 2.75) is 25.8 Å². The molecular formula is C24H29N5O2. The van der Waals surface area contributed by atoms with Gasteiger partial charge in [0.15, 0.2) is 0 Å². The number of hydrogen-bond donors (Lipinski definition) is 2. The third-order valence-corrected chi connectivity index (χ3v) is 5.37. The van der Waals surface area contributed by atoms with E-state index in [9.17, 15) is 9.59 Å². The number of imidazole rings is 1. The molecule has 0 saturated carbocycles. The van der Waals surface area contributed by atoms with Gasteiger partial charge in [0.05, 0.1) is 17.4 Å². The van der Waals surface area contributed by atoms with Gasteiger partial charge >= 0.3 is 0 Å². The molecule has 7 nitrogen and oxygen atoms in total. The lowest BCUT2D eigenvalue weighted by Gasteiger charge is -2.29. The fraction of sp³-hybridized carbons (Fsp3) is 0.292. The molecule has 3 rings (SSSR count). The zero-order chi connectivity index (χ0) is 22.4. The number of amides is 2. The van der Waals surface area contributed by atoms with Crippen molar-refractivity contribution in [2.75, 3.05) is 13.6 Å². The standard InChI is InChI=1S/C24H29N5O2/c1-5-7-17(2)14-19(11-12-25-23(30)22-8-6-13-28(22)3)29(4)24(31)18-9-10-20-21(15-18)27-16-26-20/h5-10,13,15-16,19H,2,11-12,14H2,1,3-4H3,(H,25,30)(H,26,27). The molecule has 1 unspecified atom stereocenters. The van der Waals surface area contributed by atoms with Crippen molar-refractivity contribution in [3.8, 4) is 0 Å². The monoisotopic (exact) mass is 419 g/mol. The van der Waals surface area contributed by atoms with Gasteiger partial charge in [0, 0.05) is 38.4 Å². The third-order valence-electron chi connectivity index (χ3n) is 5.37. The summed E-state index contributed by atoms with van der Waals surface area (Å²) in [6.07, 6.45) is 8.57. The average molecular weight is 420 g/mol. The van der Waals surface area contributed by atoms with Crippen LogP contribution in [-0.4, -0.2) is 50.9 Å². The van der Waals surface area contributed by atoms with Crippen LogP contribution in [0, 0.1) is 0 Å². The van der Waals surface area contributed by atoms with Gasteiger partial charge in [-0.1, -0.05) is 24.3 Å². The summed E-state index contributed by atoms with van der Waals surface area (Å²) in [6, 6.07) is 8.94. The van der Waals surface area contributed by atoms with Crippen molar-refractivity contribution in [2.24, 2.45) is 7.05 Å². The van der Waals surface area contributed by atoms with E-state index >= 15 is 0 Å². The van der Waals surface area contributed by atoms with Crippen LogP contribution in [0.3, 0.4) is 0 Å². The van der Waals surface area contributed by atoms with E-state index in [1.807, 2.05) is 50.5 Å². The van der Waals surface area contributed by atoms with Gasteiger partial charge in [0.25, 0.3) is 11.8 Å². The summed E-state index contributed by atoms with van der Waals surface area (Å²) in [5.74, 6) is -0.208. The zero-order valence-corrected chi connectivity index (χ0v) is 18.3. The molecule has 2 amide bonds. The van der Waals surface area contributed by atoms with Crippen LogP contribution >= 0.6 is 0 Å². The summed E-state index contributed by atoms with van der Waals surface area (Å²) in [5.41, 5.74) is 3.77. The van der Waals surface area contributed by atoms with Crippen LogP contribution in [0.2, 0.25) is 0 Å². The number of nitrogens with zero attached hydrogens (tertiary/aromatic N) is 3. The highest BCUT2D eigenvalue weighted by Crippen LogP contribution is 2.19. The molecule has 0 aliphatic carbocycles. The average Bonchev–Trinajstić information content (AvgIpc) is 3.40. The van der Waals surface area contributed by atoms with Crippen LogP contribution in [0.1, 0.15) is 40.6 Å². The number of benzene rings is 1. The number of nitrogens with one attached hydrogen (secondary N) is 2. The first kappa shape index (κ1) is 22.1. The Kier molecular flexibility index (Phi) is 7.07. The number of hydrogen-bond acceptors (Lipinski definition) is 3. The van der Waals surface area contributed by atoms with E-state index in [-0.39, 0.29) is 17.9 Å². The molecule has 2 heterocycles. The SMILES string of the molecule is C=C(C=CC)CC(CCNC(=O)c1cccn1C)N(C)C(=O)c1ccc2nc[nH]c2c1. The number of carbonyl (C=O) groups is 2. The van der Waals surface area contributed by atoms with Crippen molar-refractivity contribution in [3.63, 3.8) is 0 Å². The molecule has 3 aromatic rings. The quantitative estimate of drug-likeness (QED) is 0.519. The molecule has 0 aliphatic heterocycles. The largest absolute Gasteiger partial charge is 0.351 e. The van der Waals surface area contributed by atoms with Crippen molar-refractivity contribution in [1.29, 1.82) is 0 Å². The highest BCUT2D eigenvalue weighted by Gasteiger charge is 2.22. The predicted molar refractivity (Wildman–Crippen MR) is 123 cm³/mol. The molecule has 0 aliphatic rings. The molecule has 162 valence electrons. The molecule has 31 heavy (non-hydrogen) atoms. The van der Waals surface area contributed by atoms with Gasteiger partial charge in [-0.05, 0) is 50.1 Å². The van der Waals surface area contributed by atoms with Gasteiger partial charge in [-0.3, -0.25) is 9.59 Å². The molecule has 7 heteroatoms. The Morgan fingerprint density at radius 1 is 1.35 bits per heavy atom. The number of aryl methyl sites for hydroxylation is 1. The number of allylic oxidation sites excluding steroid dienone is 2. The maximum atomic E-state index is 13.2. The molecule has 0 bridgehead atoms. The van der Waals surface area contributed by atoms with Crippen molar-refractivity contribution in [1.82, 2.24) is 24.8 Å². The molecule has 0 saturated heterocycles. The van der Waals surface area contributed by atoms with Crippen LogP contribution < -0.4 is 5.32 Å². The summed E-state index contributed by atoms with van der Waals surface area (Å²) in [7, 11) is 3.63. The van der Waals surface area contributed by atoms with E-state index in [0.717, 1.165) is 16.6 Å². The molecule has 0 fully saturated rings. The van der Waals surface area contributed by atoms with Crippen molar-refractivity contribution >= 4 is 22.8 Å². The molecule has 0 spiro atoms. The van der Waals surface area contributed by atoms with Crippen LogP contribution in [0.5, 0.6) is 0 Å². The molecule has 2 N–H and O–H groups in total. The third kappa shape index (κ3) is 5.31. The van der Waals surface area contributed by atoms with Gasteiger partial charge in [-0.2, -0.15) is 0 Å². The lowest BCUT2D eigenvalue weighted by molar-refractivity contribution is 0.0723. The predicted octanol–water partition coefficient (Wildman–Crippen LogP) is 3.68. The van der Waals surface area contributed by atoms with Gasteiger partial charge in [-0.15, -0.1) is 0 Å². The Balaban J connectivity index is 1.70. The van der Waals surface area contributed by atoms with E-state index in [0.29, 0.717) is 30.6 Å². The Morgan fingerprint density at radius 2 is 2.16 bits per heavy atom. The minimum absolute atomic E-state index is 0.0801. The first-order valence-electron chi connectivity index (χ1n) is 10.3. The first-order valence-corrected chi connectivity index (χ1v) is 10.3. The summed E-state index contributed by atoms with van der Waals surface area (Å²) in [6.45, 7) is 6.49. The maximum absolute atomic E-state index is 13.2. The normalized spacial score (nSPS) is 12.2. The van der Waals surface area contributed by atoms with Crippen molar-refractivity contribution < 1.29 is 9.59 Å². The molecular weight excluding hydrogens is 390 g/mol. The van der Waals surface area contributed by atoms with Crippen LogP contribution in [-0.2, 0) is 7.05 Å². The van der Waals surface area contributed by atoms with Gasteiger partial charge < -0.3 is 19.8 Å². The Hall–Kier alpha value is -3.61. The Bertz CT molecular complexity index is 1110. The minimum atomic E-state index is -0.128. The fourth-order valence-corrected chi connectivity index (χ4v) is 3.62. The van der Waals surface area contributed by atoms with Crippen LogP contribution in [0.4, 0.5) is 0 Å².